The van der Waals surface area contributed by atoms with Crippen LogP contribution in [-0.2, 0) is 19.4 Å². The summed E-state index contributed by atoms with van der Waals surface area (Å²) in [7, 11) is 0. The third-order valence-electron chi connectivity index (χ3n) is 3.51. The van der Waals surface area contributed by atoms with Crippen molar-refractivity contribution in [1.82, 2.24) is 15.1 Å². The standard InChI is InChI=1S/C14H16N4O3/c1-8-16-12(21-18-8)7-15-13-10(14(19)20)6-9-4-2-3-5-11(9)17-13/h6H,2-5,7H2,1H3,(H,15,17)(H,19,20). The van der Waals surface area contributed by atoms with Gasteiger partial charge < -0.3 is 14.9 Å². The van der Waals surface area contributed by atoms with Crippen LogP contribution in [-0.4, -0.2) is 26.2 Å². The van der Waals surface area contributed by atoms with Gasteiger partial charge in [-0.2, -0.15) is 4.98 Å². The lowest BCUT2D eigenvalue weighted by Gasteiger charge is -2.17. The number of carboxylic acid groups (broad SMARTS) is 1. The molecule has 2 N–H and O–H groups in total. The van der Waals surface area contributed by atoms with Gasteiger partial charge in [0.2, 0.25) is 5.89 Å². The van der Waals surface area contributed by atoms with Crippen molar-refractivity contribution in [1.29, 1.82) is 0 Å². The lowest BCUT2D eigenvalue weighted by Crippen LogP contribution is -2.14. The van der Waals surface area contributed by atoms with Crippen molar-refractivity contribution in [3.8, 4) is 0 Å². The highest BCUT2D eigenvalue weighted by molar-refractivity contribution is 5.93. The molecule has 2 heterocycles. The SMILES string of the molecule is Cc1noc(CNc2nc3c(cc2C(=O)O)CCCC3)n1. The number of carboxylic acids is 1. The molecule has 7 heteroatoms. The molecule has 7 nitrogen and oxygen atoms in total. The summed E-state index contributed by atoms with van der Waals surface area (Å²) in [6, 6.07) is 1.73. The molecule has 0 bridgehead atoms. The highest BCUT2D eigenvalue weighted by atomic mass is 16.5. The number of carbonyl (C=O) groups is 1. The number of hydrogen-bond donors (Lipinski definition) is 2. The number of aryl methyl sites for hydroxylation is 3. The van der Waals surface area contributed by atoms with Gasteiger partial charge >= 0.3 is 5.97 Å². The number of aromatic carboxylic acids is 1. The molecule has 2 aromatic heterocycles. The van der Waals surface area contributed by atoms with E-state index in [1.54, 1.807) is 13.0 Å². The summed E-state index contributed by atoms with van der Waals surface area (Å²) in [5.41, 5.74) is 2.21. The first-order valence-corrected chi connectivity index (χ1v) is 6.92. The normalized spacial score (nSPS) is 13.8. The number of pyridine rings is 1. The Labute approximate surface area is 121 Å². The van der Waals surface area contributed by atoms with Crippen molar-refractivity contribution in [3.63, 3.8) is 0 Å². The largest absolute Gasteiger partial charge is 0.478 e. The molecule has 0 saturated heterocycles. The van der Waals surface area contributed by atoms with Crippen molar-refractivity contribution in [3.05, 3.63) is 34.6 Å². The maximum absolute atomic E-state index is 11.4. The summed E-state index contributed by atoms with van der Waals surface area (Å²) in [6.07, 6.45) is 3.96. The Kier molecular flexibility index (Phi) is 3.55. The van der Waals surface area contributed by atoms with E-state index in [4.69, 9.17) is 4.52 Å². The third-order valence-corrected chi connectivity index (χ3v) is 3.51. The second-order valence-electron chi connectivity index (χ2n) is 5.09. The first-order valence-electron chi connectivity index (χ1n) is 6.92. The average Bonchev–Trinajstić information content (AvgIpc) is 2.89. The number of aromatic nitrogens is 3. The van der Waals surface area contributed by atoms with Crippen LogP contribution >= 0.6 is 0 Å². The monoisotopic (exact) mass is 288 g/mol. The van der Waals surface area contributed by atoms with Gasteiger partial charge in [-0.05, 0) is 44.2 Å². The molecule has 0 atom stereocenters. The fourth-order valence-corrected chi connectivity index (χ4v) is 2.50. The molecule has 0 aromatic carbocycles. The zero-order valence-electron chi connectivity index (χ0n) is 11.7. The van der Waals surface area contributed by atoms with E-state index in [-0.39, 0.29) is 12.1 Å². The van der Waals surface area contributed by atoms with E-state index in [0.29, 0.717) is 17.5 Å². The smallest absolute Gasteiger partial charge is 0.339 e. The summed E-state index contributed by atoms with van der Waals surface area (Å²) in [4.78, 5) is 19.9. The molecular weight excluding hydrogens is 272 g/mol. The predicted molar refractivity (Wildman–Crippen MR) is 74.2 cm³/mol. The van der Waals surface area contributed by atoms with Gasteiger partial charge in [0.25, 0.3) is 0 Å². The van der Waals surface area contributed by atoms with Crippen LogP contribution in [0.5, 0.6) is 0 Å². The minimum Gasteiger partial charge on any atom is -0.478 e. The fourth-order valence-electron chi connectivity index (χ4n) is 2.50. The van der Waals surface area contributed by atoms with Gasteiger partial charge in [-0.15, -0.1) is 0 Å². The topological polar surface area (TPSA) is 101 Å². The first-order chi connectivity index (χ1) is 10.1. The Hall–Kier alpha value is -2.44. The molecule has 21 heavy (non-hydrogen) atoms. The van der Waals surface area contributed by atoms with Gasteiger partial charge in [-0.25, -0.2) is 9.78 Å². The van der Waals surface area contributed by atoms with Gasteiger partial charge in [0.1, 0.15) is 11.4 Å². The van der Waals surface area contributed by atoms with E-state index >= 15 is 0 Å². The van der Waals surface area contributed by atoms with Crippen molar-refractivity contribution in [2.75, 3.05) is 5.32 Å². The summed E-state index contributed by atoms with van der Waals surface area (Å²) < 4.78 is 5.00. The quantitative estimate of drug-likeness (QED) is 0.886. The molecule has 0 fully saturated rings. The van der Waals surface area contributed by atoms with E-state index in [9.17, 15) is 9.90 Å². The molecular formula is C14H16N4O3. The van der Waals surface area contributed by atoms with Crippen LogP contribution in [0.4, 0.5) is 5.82 Å². The Balaban J connectivity index is 1.87. The summed E-state index contributed by atoms with van der Waals surface area (Å²) in [5.74, 6) is 0.325. The van der Waals surface area contributed by atoms with Crippen LogP contribution in [0.2, 0.25) is 0 Å². The number of nitrogens with one attached hydrogen (secondary N) is 1. The minimum absolute atomic E-state index is 0.187. The van der Waals surface area contributed by atoms with Crippen LogP contribution in [0.15, 0.2) is 10.6 Å². The summed E-state index contributed by atoms with van der Waals surface area (Å²) in [5, 5.41) is 16.0. The maximum Gasteiger partial charge on any atom is 0.339 e. The van der Waals surface area contributed by atoms with Crippen molar-refractivity contribution < 1.29 is 14.4 Å². The van der Waals surface area contributed by atoms with E-state index in [1.807, 2.05) is 0 Å². The summed E-state index contributed by atoms with van der Waals surface area (Å²) >= 11 is 0. The number of rotatable bonds is 4. The van der Waals surface area contributed by atoms with Gasteiger partial charge in [-0.1, -0.05) is 5.16 Å². The van der Waals surface area contributed by atoms with E-state index in [0.717, 1.165) is 36.9 Å². The zero-order valence-corrected chi connectivity index (χ0v) is 11.7. The minimum atomic E-state index is -0.986. The molecule has 110 valence electrons. The van der Waals surface area contributed by atoms with Crippen LogP contribution in [0.25, 0.3) is 0 Å². The van der Waals surface area contributed by atoms with Gasteiger partial charge in [0, 0.05) is 5.69 Å². The van der Waals surface area contributed by atoms with Gasteiger partial charge in [-0.3, -0.25) is 0 Å². The molecule has 2 aromatic rings. The predicted octanol–water partition coefficient (Wildman–Crippen LogP) is 1.96. The molecule has 0 radical (unpaired) electrons. The van der Waals surface area contributed by atoms with Crippen LogP contribution in [0, 0.1) is 6.92 Å². The lowest BCUT2D eigenvalue weighted by molar-refractivity contribution is 0.0697. The Morgan fingerprint density at radius 1 is 1.38 bits per heavy atom. The number of fused-ring (bicyclic) bond motifs is 1. The van der Waals surface area contributed by atoms with E-state index in [2.05, 4.69) is 20.4 Å². The van der Waals surface area contributed by atoms with Crippen molar-refractivity contribution in [2.24, 2.45) is 0 Å². The maximum atomic E-state index is 11.4. The zero-order chi connectivity index (χ0) is 14.8. The summed E-state index contributed by atoms with van der Waals surface area (Å²) in [6.45, 7) is 1.99. The van der Waals surface area contributed by atoms with Crippen molar-refractivity contribution >= 4 is 11.8 Å². The Morgan fingerprint density at radius 2 is 2.19 bits per heavy atom. The molecule has 0 unspecified atom stereocenters. The molecule has 3 rings (SSSR count). The molecule has 0 saturated carbocycles. The highest BCUT2D eigenvalue weighted by Gasteiger charge is 2.19. The number of hydrogen-bond acceptors (Lipinski definition) is 6. The average molecular weight is 288 g/mol. The van der Waals surface area contributed by atoms with E-state index in [1.165, 1.54) is 0 Å². The van der Waals surface area contributed by atoms with Gasteiger partial charge in [0.05, 0.1) is 6.54 Å². The highest BCUT2D eigenvalue weighted by Crippen LogP contribution is 2.25. The van der Waals surface area contributed by atoms with Crippen LogP contribution < -0.4 is 5.32 Å². The first kappa shape index (κ1) is 13.5. The Morgan fingerprint density at radius 3 is 2.90 bits per heavy atom. The fraction of sp³-hybridized carbons (Fsp3) is 0.429. The van der Waals surface area contributed by atoms with E-state index < -0.39 is 5.97 Å². The molecule has 1 aliphatic carbocycles. The van der Waals surface area contributed by atoms with Crippen LogP contribution in [0.3, 0.4) is 0 Å². The molecule has 0 aliphatic heterocycles. The lowest BCUT2D eigenvalue weighted by atomic mass is 9.95. The van der Waals surface area contributed by atoms with Gasteiger partial charge in [0.15, 0.2) is 5.82 Å². The van der Waals surface area contributed by atoms with Crippen LogP contribution in [0.1, 0.15) is 46.2 Å². The Bertz CT molecular complexity index is 681. The number of nitrogens with zero attached hydrogens (tertiary/aromatic N) is 3. The molecule has 0 amide bonds. The van der Waals surface area contributed by atoms with Crippen molar-refractivity contribution in [2.45, 2.75) is 39.2 Å². The second-order valence-corrected chi connectivity index (χ2v) is 5.09. The number of anilines is 1. The molecule has 0 spiro atoms. The third kappa shape index (κ3) is 2.86. The molecule has 1 aliphatic rings. The second kappa shape index (κ2) is 5.51.